The molecule has 3 aromatic carbocycles. The number of nitrogens with zero attached hydrogens (tertiary/aromatic N) is 1. The Labute approximate surface area is 172 Å². The standard InChI is InChI=1S/C21H15NO2S.Cu.H2O/c23-20-19(22-16-11-5-7-13-18(16)25)15-10-4-6-12-17(15)24-21(20)14-8-2-1-3-9-14;;/h1-13,23,25H;;1H2/q;+2;/p-2. The van der Waals surface area contributed by atoms with Gasteiger partial charge in [0.2, 0.25) is 0 Å². The van der Waals surface area contributed by atoms with Crippen LogP contribution < -0.4 is 10.5 Å². The monoisotopic (exact) mass is 424 g/mol. The SMILES string of the molecule is O.[Cu+2].[O-]c1c(-c2ccccc2)oc2ccccc2c1=Nc1ccccc1[S-]. The van der Waals surface area contributed by atoms with Gasteiger partial charge in [-0.25, -0.2) is 0 Å². The van der Waals surface area contributed by atoms with E-state index < -0.39 is 0 Å². The molecule has 0 bridgehead atoms. The molecular formula is C21H15CuNO3S. The zero-order chi connectivity index (χ0) is 17.2. The molecule has 0 aliphatic rings. The Hall–Kier alpha value is -2.63. The summed E-state index contributed by atoms with van der Waals surface area (Å²) in [5.41, 5.74) is 1.94. The molecule has 4 nitrogen and oxygen atoms in total. The van der Waals surface area contributed by atoms with Crippen LogP contribution in [0.1, 0.15) is 0 Å². The van der Waals surface area contributed by atoms with Crippen LogP contribution in [-0.4, -0.2) is 5.48 Å². The van der Waals surface area contributed by atoms with Gasteiger partial charge < -0.3 is 27.6 Å². The second-order valence-corrected chi connectivity index (χ2v) is 5.99. The molecule has 0 fully saturated rings. The van der Waals surface area contributed by atoms with E-state index in [9.17, 15) is 5.11 Å². The number of para-hydroxylation sites is 2. The molecule has 0 spiro atoms. The Morgan fingerprint density at radius 2 is 1.44 bits per heavy atom. The third kappa shape index (κ3) is 4.04. The quantitative estimate of drug-likeness (QED) is 0.365. The Balaban J connectivity index is 0.00000131. The van der Waals surface area contributed by atoms with E-state index in [1.54, 1.807) is 6.07 Å². The number of fused-ring (bicyclic) bond motifs is 1. The van der Waals surface area contributed by atoms with E-state index in [0.717, 1.165) is 5.56 Å². The summed E-state index contributed by atoms with van der Waals surface area (Å²) < 4.78 is 5.89. The fourth-order valence-corrected chi connectivity index (χ4v) is 2.89. The van der Waals surface area contributed by atoms with Crippen molar-refractivity contribution in [3.05, 3.63) is 84.2 Å². The van der Waals surface area contributed by atoms with Gasteiger partial charge in [-0.05, 0) is 23.9 Å². The topological polar surface area (TPSA) is 80.1 Å². The van der Waals surface area contributed by atoms with Gasteiger partial charge in [-0.15, -0.1) is 4.90 Å². The number of hydrogen-bond donors (Lipinski definition) is 0. The predicted molar refractivity (Wildman–Crippen MR) is 102 cm³/mol. The molecule has 27 heavy (non-hydrogen) atoms. The van der Waals surface area contributed by atoms with Crippen LogP contribution in [0.2, 0.25) is 0 Å². The second-order valence-electron chi connectivity index (χ2n) is 5.55. The van der Waals surface area contributed by atoms with Crippen LogP contribution in [0, 0.1) is 0 Å². The molecule has 0 unspecified atom stereocenters. The predicted octanol–water partition coefficient (Wildman–Crippen LogP) is 3.48. The van der Waals surface area contributed by atoms with Crippen molar-refractivity contribution in [2.45, 2.75) is 4.90 Å². The van der Waals surface area contributed by atoms with Crippen LogP contribution in [0.4, 0.5) is 5.69 Å². The maximum atomic E-state index is 13.1. The Morgan fingerprint density at radius 3 is 2.19 bits per heavy atom. The summed E-state index contributed by atoms with van der Waals surface area (Å²) in [5, 5.41) is 14.1. The number of benzene rings is 3. The molecule has 1 heterocycles. The fraction of sp³-hybridized carbons (Fsp3) is 0. The molecule has 2 N–H and O–H groups in total. The summed E-state index contributed by atoms with van der Waals surface area (Å²) >= 11 is 5.32. The van der Waals surface area contributed by atoms with E-state index in [1.165, 1.54) is 0 Å². The first kappa shape index (κ1) is 20.7. The van der Waals surface area contributed by atoms with Gasteiger partial charge in [-0.1, -0.05) is 60.7 Å². The van der Waals surface area contributed by atoms with Crippen LogP contribution in [0.15, 0.2) is 93.2 Å². The molecule has 1 radical (unpaired) electrons. The first-order valence-corrected chi connectivity index (χ1v) is 8.24. The van der Waals surface area contributed by atoms with Gasteiger partial charge in [0.1, 0.15) is 11.3 Å². The first-order chi connectivity index (χ1) is 12.2. The van der Waals surface area contributed by atoms with Crippen molar-refractivity contribution in [3.8, 4) is 17.1 Å². The average molecular weight is 425 g/mol. The molecule has 0 aliphatic carbocycles. The normalized spacial score (nSPS) is 10.9. The fourth-order valence-electron chi connectivity index (χ4n) is 2.70. The van der Waals surface area contributed by atoms with Crippen LogP contribution >= 0.6 is 0 Å². The van der Waals surface area contributed by atoms with Crippen molar-refractivity contribution < 1.29 is 32.1 Å². The summed E-state index contributed by atoms with van der Waals surface area (Å²) in [6.07, 6.45) is 0. The largest absolute Gasteiger partial charge is 2.00 e. The molecule has 4 aromatic rings. The molecule has 0 saturated carbocycles. The minimum absolute atomic E-state index is 0. The zero-order valence-electron chi connectivity index (χ0n) is 14.0. The number of hydrogen-bond acceptors (Lipinski definition) is 4. The van der Waals surface area contributed by atoms with Crippen molar-refractivity contribution in [1.82, 2.24) is 0 Å². The first-order valence-electron chi connectivity index (χ1n) is 7.83. The minimum Gasteiger partial charge on any atom is -0.868 e. The molecule has 1 aromatic heterocycles. The Kier molecular flexibility index (Phi) is 6.77. The Bertz CT molecular complexity index is 1130. The van der Waals surface area contributed by atoms with E-state index >= 15 is 0 Å². The van der Waals surface area contributed by atoms with Crippen LogP contribution in [0.3, 0.4) is 0 Å². The summed E-state index contributed by atoms with van der Waals surface area (Å²) in [6.45, 7) is 0. The second kappa shape index (κ2) is 8.84. The molecule has 0 atom stereocenters. The van der Waals surface area contributed by atoms with Gasteiger partial charge in [0, 0.05) is 16.6 Å². The van der Waals surface area contributed by atoms with Crippen molar-refractivity contribution in [2.24, 2.45) is 4.99 Å². The van der Waals surface area contributed by atoms with Crippen molar-refractivity contribution in [2.75, 3.05) is 0 Å². The van der Waals surface area contributed by atoms with E-state index in [4.69, 9.17) is 17.0 Å². The molecular weight excluding hydrogens is 410 g/mol. The van der Waals surface area contributed by atoms with Crippen LogP contribution in [0.25, 0.3) is 22.3 Å². The third-order valence-corrected chi connectivity index (χ3v) is 4.25. The minimum atomic E-state index is -0.247. The van der Waals surface area contributed by atoms with Crippen molar-refractivity contribution in [1.29, 1.82) is 0 Å². The molecule has 0 aliphatic heterocycles. The van der Waals surface area contributed by atoms with Gasteiger partial charge >= 0.3 is 17.1 Å². The third-order valence-electron chi connectivity index (χ3n) is 3.91. The Morgan fingerprint density at radius 1 is 0.815 bits per heavy atom. The van der Waals surface area contributed by atoms with Gasteiger partial charge in [0.25, 0.3) is 0 Å². The van der Waals surface area contributed by atoms with E-state index in [1.807, 2.05) is 72.8 Å². The molecule has 6 heteroatoms. The average Bonchev–Trinajstić information content (AvgIpc) is 2.66. The maximum absolute atomic E-state index is 13.1. The summed E-state index contributed by atoms with van der Waals surface area (Å²) in [5.74, 6) is 0.0306. The number of rotatable bonds is 2. The van der Waals surface area contributed by atoms with Gasteiger partial charge in [0.15, 0.2) is 0 Å². The van der Waals surface area contributed by atoms with Crippen molar-refractivity contribution in [3.63, 3.8) is 0 Å². The van der Waals surface area contributed by atoms with Crippen LogP contribution in [-0.2, 0) is 29.7 Å². The smallest absolute Gasteiger partial charge is 0.868 e. The van der Waals surface area contributed by atoms with Gasteiger partial charge in [0.05, 0.1) is 5.36 Å². The molecule has 139 valence electrons. The molecule has 0 amide bonds. The van der Waals surface area contributed by atoms with E-state index in [0.29, 0.717) is 26.9 Å². The maximum Gasteiger partial charge on any atom is 2.00 e. The summed E-state index contributed by atoms with van der Waals surface area (Å²) in [4.78, 5) is 5.18. The summed E-state index contributed by atoms with van der Waals surface area (Å²) in [7, 11) is 0. The van der Waals surface area contributed by atoms with Gasteiger partial charge in [-0.2, -0.15) is 0 Å². The van der Waals surface area contributed by atoms with E-state index in [-0.39, 0.29) is 34.1 Å². The van der Waals surface area contributed by atoms with Gasteiger partial charge in [-0.3, -0.25) is 4.99 Å². The summed E-state index contributed by atoms with van der Waals surface area (Å²) in [6, 6.07) is 24.0. The van der Waals surface area contributed by atoms with E-state index in [2.05, 4.69) is 4.99 Å². The van der Waals surface area contributed by atoms with Crippen LogP contribution in [0.5, 0.6) is 5.75 Å². The molecule has 0 saturated heterocycles. The zero-order valence-corrected chi connectivity index (χ0v) is 15.7. The molecule has 4 rings (SSSR count). The van der Waals surface area contributed by atoms with Crippen molar-refractivity contribution >= 4 is 29.3 Å².